The minimum absolute atomic E-state index is 0.0974. The van der Waals surface area contributed by atoms with E-state index in [0.29, 0.717) is 21.5 Å². The van der Waals surface area contributed by atoms with Crippen LogP contribution in [0.2, 0.25) is 5.02 Å². The first-order valence-corrected chi connectivity index (χ1v) is 8.89. The molecule has 0 heterocycles. The first kappa shape index (κ1) is 20.5. The van der Waals surface area contributed by atoms with E-state index in [0.717, 1.165) is 0 Å². The van der Waals surface area contributed by atoms with Crippen LogP contribution in [0.4, 0.5) is 4.39 Å². The summed E-state index contributed by atoms with van der Waals surface area (Å²) in [4.78, 5) is 11.0. The van der Waals surface area contributed by atoms with Crippen molar-refractivity contribution >= 4 is 33.5 Å². The van der Waals surface area contributed by atoms with Crippen LogP contribution in [0.3, 0.4) is 0 Å². The summed E-state index contributed by atoms with van der Waals surface area (Å²) in [6, 6.07) is 7.13. The van der Waals surface area contributed by atoms with E-state index in [1.165, 1.54) is 26.2 Å². The molecule has 0 saturated heterocycles. The van der Waals surface area contributed by atoms with E-state index in [4.69, 9.17) is 26.2 Å². The Hall–Kier alpha value is -1.83. The number of methoxy groups -OCH3 is 1. The zero-order chi connectivity index (χ0) is 19.3. The molecule has 0 saturated carbocycles. The molecule has 0 fully saturated rings. The second-order valence-electron chi connectivity index (χ2n) is 5.49. The quantitative estimate of drug-likeness (QED) is 0.629. The van der Waals surface area contributed by atoms with Gasteiger partial charge in [0.1, 0.15) is 18.5 Å². The minimum atomic E-state index is -0.968. The molecule has 0 spiro atoms. The van der Waals surface area contributed by atoms with E-state index in [-0.39, 0.29) is 23.7 Å². The zero-order valence-corrected chi connectivity index (χ0v) is 16.5. The molecule has 8 heteroatoms. The summed E-state index contributed by atoms with van der Waals surface area (Å²) in [6.07, 6.45) is 0. The lowest BCUT2D eigenvalue weighted by atomic mass is 10.1. The smallest absolute Gasteiger partial charge is 0.320 e. The molecule has 26 heavy (non-hydrogen) atoms. The molecule has 0 radical (unpaired) electrons. The molecule has 0 aliphatic rings. The maximum Gasteiger partial charge on any atom is 0.320 e. The van der Waals surface area contributed by atoms with Gasteiger partial charge in [0.25, 0.3) is 0 Å². The van der Waals surface area contributed by atoms with E-state index in [2.05, 4.69) is 21.2 Å². The van der Waals surface area contributed by atoms with E-state index in [1.54, 1.807) is 18.2 Å². The third kappa shape index (κ3) is 4.87. The standard InChI is InChI=1S/C18H18BrClFNO4/c1-10(18(23)24)22-8-11-13(19)6-7-16(25-2)17(11)26-9-12-14(20)4-3-5-15(12)21/h3-7,10,22H,8-9H2,1-2H3,(H,23,24). The largest absolute Gasteiger partial charge is 0.493 e. The fraction of sp³-hybridized carbons (Fsp3) is 0.278. The molecule has 0 amide bonds. The molecule has 0 aliphatic heterocycles. The maximum absolute atomic E-state index is 14.0. The Kier molecular flexibility index (Phi) is 7.25. The van der Waals surface area contributed by atoms with E-state index >= 15 is 0 Å². The minimum Gasteiger partial charge on any atom is -0.493 e. The van der Waals surface area contributed by atoms with E-state index in [1.807, 2.05) is 0 Å². The fourth-order valence-corrected chi connectivity index (χ4v) is 2.89. The molecule has 0 aliphatic carbocycles. The second kappa shape index (κ2) is 9.21. The topological polar surface area (TPSA) is 67.8 Å². The number of halogens is 3. The summed E-state index contributed by atoms with van der Waals surface area (Å²) < 4.78 is 25.8. The van der Waals surface area contributed by atoms with Crippen LogP contribution in [0.5, 0.6) is 11.5 Å². The number of rotatable bonds is 8. The average Bonchev–Trinajstić information content (AvgIpc) is 2.60. The van der Waals surface area contributed by atoms with Gasteiger partial charge in [0.2, 0.25) is 0 Å². The van der Waals surface area contributed by atoms with Crippen molar-refractivity contribution in [3.8, 4) is 11.5 Å². The molecule has 2 aromatic carbocycles. The number of ether oxygens (including phenoxy) is 2. The highest BCUT2D eigenvalue weighted by Crippen LogP contribution is 2.37. The SMILES string of the molecule is COc1ccc(Br)c(CNC(C)C(=O)O)c1OCc1c(F)cccc1Cl. The Morgan fingerprint density at radius 2 is 2.08 bits per heavy atom. The van der Waals surface area contributed by atoms with Crippen LogP contribution in [-0.4, -0.2) is 24.2 Å². The molecular formula is C18H18BrClFNO4. The van der Waals surface area contributed by atoms with Crippen molar-refractivity contribution in [3.05, 3.63) is 56.8 Å². The molecule has 1 atom stereocenters. The number of benzene rings is 2. The van der Waals surface area contributed by atoms with Gasteiger partial charge in [-0.25, -0.2) is 4.39 Å². The zero-order valence-electron chi connectivity index (χ0n) is 14.2. The summed E-state index contributed by atoms with van der Waals surface area (Å²) >= 11 is 9.47. The first-order chi connectivity index (χ1) is 12.3. The van der Waals surface area contributed by atoms with Gasteiger partial charge in [0.05, 0.1) is 12.1 Å². The normalized spacial score (nSPS) is 11.9. The Morgan fingerprint density at radius 1 is 1.35 bits per heavy atom. The highest BCUT2D eigenvalue weighted by molar-refractivity contribution is 9.10. The lowest BCUT2D eigenvalue weighted by Crippen LogP contribution is -2.33. The fourth-order valence-electron chi connectivity index (χ4n) is 2.22. The molecule has 2 aromatic rings. The maximum atomic E-state index is 14.0. The van der Waals surface area contributed by atoms with Crippen LogP contribution in [-0.2, 0) is 17.9 Å². The second-order valence-corrected chi connectivity index (χ2v) is 6.75. The Bertz CT molecular complexity index is 783. The van der Waals surface area contributed by atoms with Gasteiger partial charge in [0, 0.05) is 22.1 Å². The molecular weight excluding hydrogens is 429 g/mol. The monoisotopic (exact) mass is 445 g/mol. The van der Waals surface area contributed by atoms with Crippen molar-refractivity contribution in [2.75, 3.05) is 7.11 Å². The van der Waals surface area contributed by atoms with Crippen LogP contribution < -0.4 is 14.8 Å². The van der Waals surface area contributed by atoms with Crippen molar-refractivity contribution in [1.29, 1.82) is 0 Å². The Morgan fingerprint density at radius 3 is 2.69 bits per heavy atom. The Labute approximate surface area is 164 Å². The number of carboxylic acids is 1. The van der Waals surface area contributed by atoms with Gasteiger partial charge >= 0.3 is 5.97 Å². The highest BCUT2D eigenvalue weighted by Gasteiger charge is 2.18. The van der Waals surface area contributed by atoms with E-state index < -0.39 is 17.8 Å². The summed E-state index contributed by atoms with van der Waals surface area (Å²) in [5, 5.41) is 12.2. The van der Waals surface area contributed by atoms with Gasteiger partial charge in [-0.2, -0.15) is 0 Å². The molecule has 1 unspecified atom stereocenters. The van der Waals surface area contributed by atoms with E-state index in [9.17, 15) is 9.18 Å². The third-order valence-corrected chi connectivity index (χ3v) is 4.86. The number of carbonyl (C=O) groups is 1. The van der Waals surface area contributed by atoms with Crippen LogP contribution in [0.1, 0.15) is 18.1 Å². The van der Waals surface area contributed by atoms with Crippen LogP contribution in [0.15, 0.2) is 34.8 Å². The van der Waals surface area contributed by atoms with Crippen LogP contribution >= 0.6 is 27.5 Å². The first-order valence-electron chi connectivity index (χ1n) is 7.72. The van der Waals surface area contributed by atoms with Crippen molar-refractivity contribution in [2.24, 2.45) is 0 Å². The number of carboxylic acid groups (broad SMARTS) is 1. The molecule has 140 valence electrons. The summed E-state index contributed by atoms with van der Waals surface area (Å²) in [7, 11) is 1.49. The van der Waals surface area contributed by atoms with Crippen molar-refractivity contribution < 1.29 is 23.8 Å². The molecule has 2 N–H and O–H groups in total. The van der Waals surface area contributed by atoms with Crippen LogP contribution in [0.25, 0.3) is 0 Å². The molecule has 5 nitrogen and oxygen atoms in total. The lowest BCUT2D eigenvalue weighted by molar-refractivity contribution is -0.139. The van der Waals surface area contributed by atoms with Crippen molar-refractivity contribution in [1.82, 2.24) is 5.32 Å². The predicted octanol–water partition coefficient (Wildman–Crippen LogP) is 4.39. The predicted molar refractivity (Wildman–Crippen MR) is 100 cm³/mol. The van der Waals surface area contributed by atoms with Gasteiger partial charge < -0.3 is 19.9 Å². The molecule has 2 rings (SSSR count). The molecule has 0 bridgehead atoms. The number of nitrogens with one attached hydrogen (secondary N) is 1. The van der Waals surface area contributed by atoms with Crippen molar-refractivity contribution in [3.63, 3.8) is 0 Å². The Balaban J connectivity index is 2.30. The number of hydrogen-bond acceptors (Lipinski definition) is 4. The number of aliphatic carboxylic acids is 1. The van der Waals surface area contributed by atoms with Gasteiger partial charge in [0.15, 0.2) is 11.5 Å². The number of hydrogen-bond donors (Lipinski definition) is 2. The van der Waals surface area contributed by atoms with Gasteiger partial charge in [-0.3, -0.25) is 4.79 Å². The highest BCUT2D eigenvalue weighted by atomic mass is 79.9. The average molecular weight is 447 g/mol. The van der Waals surface area contributed by atoms with Gasteiger partial charge in [-0.05, 0) is 31.2 Å². The van der Waals surface area contributed by atoms with Crippen LogP contribution in [0, 0.1) is 5.82 Å². The van der Waals surface area contributed by atoms with Crippen molar-refractivity contribution in [2.45, 2.75) is 26.1 Å². The summed E-state index contributed by atoms with van der Waals surface area (Å²) in [5.74, 6) is -0.609. The summed E-state index contributed by atoms with van der Waals surface area (Å²) in [5.41, 5.74) is 0.888. The molecule has 0 aromatic heterocycles. The van der Waals surface area contributed by atoms with Gasteiger partial charge in [-0.15, -0.1) is 0 Å². The lowest BCUT2D eigenvalue weighted by Gasteiger charge is -2.18. The van der Waals surface area contributed by atoms with Gasteiger partial charge in [-0.1, -0.05) is 33.6 Å². The third-order valence-electron chi connectivity index (χ3n) is 3.77. The summed E-state index contributed by atoms with van der Waals surface area (Å²) in [6.45, 7) is 1.65.